The van der Waals surface area contributed by atoms with E-state index in [2.05, 4.69) is 4.98 Å². The largest absolute Gasteiger partial charge is 0.491 e. The Balaban J connectivity index is 1.68. The second-order valence-electron chi connectivity index (χ2n) is 6.17. The van der Waals surface area contributed by atoms with Crippen LogP contribution in [-0.4, -0.2) is 16.2 Å². The van der Waals surface area contributed by atoms with Crippen molar-refractivity contribution in [3.8, 4) is 17.1 Å². The number of rotatable bonds is 5. The highest BCUT2D eigenvalue weighted by Crippen LogP contribution is 2.27. The van der Waals surface area contributed by atoms with Gasteiger partial charge in [0.25, 0.3) is 0 Å². The minimum atomic E-state index is -0.274. The van der Waals surface area contributed by atoms with Crippen molar-refractivity contribution < 1.29 is 9.13 Å². The van der Waals surface area contributed by atoms with E-state index in [0.29, 0.717) is 24.5 Å². The average molecular weight is 346 g/mol. The normalized spacial score (nSPS) is 11.0. The van der Waals surface area contributed by atoms with Crippen molar-refractivity contribution in [3.05, 3.63) is 84.2 Å². The van der Waals surface area contributed by atoms with E-state index in [1.54, 1.807) is 12.1 Å². The first-order valence-corrected chi connectivity index (χ1v) is 8.62. The molecule has 0 fully saturated rings. The highest BCUT2D eigenvalue weighted by Gasteiger charge is 2.15. The van der Waals surface area contributed by atoms with Gasteiger partial charge in [-0.2, -0.15) is 0 Å². The molecule has 0 spiro atoms. The lowest BCUT2D eigenvalue weighted by Crippen LogP contribution is -2.10. The van der Waals surface area contributed by atoms with Gasteiger partial charge < -0.3 is 9.30 Å². The Bertz CT molecular complexity index is 1050. The number of fused-ring (bicyclic) bond motifs is 1. The molecule has 3 nitrogen and oxygen atoms in total. The van der Waals surface area contributed by atoms with E-state index in [-0.39, 0.29) is 5.82 Å². The number of ether oxygens (including phenoxy) is 1. The van der Waals surface area contributed by atoms with Crippen molar-refractivity contribution >= 4 is 11.0 Å². The summed E-state index contributed by atoms with van der Waals surface area (Å²) in [5, 5.41) is 0. The minimum Gasteiger partial charge on any atom is -0.491 e. The van der Waals surface area contributed by atoms with Gasteiger partial charge in [-0.15, -0.1) is 0 Å². The summed E-state index contributed by atoms with van der Waals surface area (Å²) in [4.78, 5) is 4.65. The van der Waals surface area contributed by atoms with Gasteiger partial charge in [0, 0.05) is 0 Å². The van der Waals surface area contributed by atoms with E-state index < -0.39 is 0 Å². The maximum Gasteiger partial charge on any atom is 0.144 e. The Hall–Kier alpha value is -3.14. The number of hydrogen-bond acceptors (Lipinski definition) is 2. The first-order valence-electron chi connectivity index (χ1n) is 8.62. The fourth-order valence-electron chi connectivity index (χ4n) is 3.12. The highest BCUT2D eigenvalue weighted by atomic mass is 19.1. The molecule has 0 atom stereocenters. The molecule has 4 aromatic rings. The quantitative estimate of drug-likeness (QED) is 0.495. The number of halogens is 1. The summed E-state index contributed by atoms with van der Waals surface area (Å²) in [5.41, 5.74) is 3.41. The SMILES string of the molecule is Cc1ccccc1OCCn1c(-c2ccccc2F)nc2ccccc21. The Labute approximate surface area is 151 Å². The van der Waals surface area contributed by atoms with Crippen molar-refractivity contribution in [2.24, 2.45) is 0 Å². The fraction of sp³-hybridized carbons (Fsp3) is 0.136. The number of imidazole rings is 1. The number of aromatic nitrogens is 2. The van der Waals surface area contributed by atoms with Gasteiger partial charge in [0.15, 0.2) is 0 Å². The molecule has 0 N–H and O–H groups in total. The summed E-state index contributed by atoms with van der Waals surface area (Å²) in [6.07, 6.45) is 0. The van der Waals surface area contributed by atoms with Crippen LogP contribution in [0.2, 0.25) is 0 Å². The third-order valence-electron chi connectivity index (χ3n) is 4.44. The molecule has 26 heavy (non-hydrogen) atoms. The van der Waals surface area contributed by atoms with Gasteiger partial charge in [0.2, 0.25) is 0 Å². The third-order valence-corrected chi connectivity index (χ3v) is 4.44. The second-order valence-corrected chi connectivity index (χ2v) is 6.17. The predicted molar refractivity (Wildman–Crippen MR) is 102 cm³/mol. The van der Waals surface area contributed by atoms with Crippen LogP contribution < -0.4 is 4.74 Å². The van der Waals surface area contributed by atoms with E-state index in [1.165, 1.54) is 6.07 Å². The summed E-state index contributed by atoms with van der Waals surface area (Å²) in [5.74, 6) is 1.21. The van der Waals surface area contributed by atoms with Crippen LogP contribution in [0.3, 0.4) is 0 Å². The van der Waals surface area contributed by atoms with Crippen LogP contribution in [0.15, 0.2) is 72.8 Å². The molecule has 0 radical (unpaired) electrons. The zero-order chi connectivity index (χ0) is 17.9. The molecular weight excluding hydrogens is 327 g/mol. The molecule has 1 heterocycles. The van der Waals surface area contributed by atoms with Crippen LogP contribution in [0.1, 0.15) is 5.56 Å². The number of benzene rings is 3. The lowest BCUT2D eigenvalue weighted by Gasteiger charge is -2.12. The Kier molecular flexibility index (Phi) is 4.40. The molecule has 0 amide bonds. The molecule has 0 saturated heterocycles. The van der Waals surface area contributed by atoms with Crippen molar-refractivity contribution in [2.75, 3.05) is 6.61 Å². The molecule has 3 aromatic carbocycles. The summed E-state index contributed by atoms with van der Waals surface area (Å²) < 4.78 is 22.3. The summed E-state index contributed by atoms with van der Waals surface area (Å²) in [7, 11) is 0. The molecule has 0 aliphatic rings. The maximum atomic E-state index is 14.3. The zero-order valence-corrected chi connectivity index (χ0v) is 14.5. The minimum absolute atomic E-state index is 0.274. The number of hydrogen-bond donors (Lipinski definition) is 0. The van der Waals surface area contributed by atoms with E-state index >= 15 is 0 Å². The lowest BCUT2D eigenvalue weighted by atomic mass is 10.2. The molecule has 0 unspecified atom stereocenters. The number of aryl methyl sites for hydroxylation is 1. The first-order chi connectivity index (χ1) is 12.7. The average Bonchev–Trinajstić information content (AvgIpc) is 3.02. The standard InChI is InChI=1S/C22H19FN2O/c1-16-8-2-7-13-21(16)26-15-14-25-20-12-6-5-11-19(20)24-22(25)17-9-3-4-10-18(17)23/h2-13H,14-15H2,1H3. The summed E-state index contributed by atoms with van der Waals surface area (Å²) in [6.45, 7) is 3.08. The monoisotopic (exact) mass is 346 g/mol. The van der Waals surface area contributed by atoms with Crippen LogP contribution in [0, 0.1) is 12.7 Å². The van der Waals surface area contributed by atoms with Gasteiger partial charge in [-0.25, -0.2) is 9.37 Å². The molecule has 0 aliphatic heterocycles. The Morgan fingerprint density at radius 3 is 2.50 bits per heavy atom. The van der Waals surface area contributed by atoms with Gasteiger partial charge in [-0.05, 0) is 42.8 Å². The third kappa shape index (κ3) is 3.06. The van der Waals surface area contributed by atoms with Crippen molar-refractivity contribution in [1.29, 1.82) is 0 Å². The summed E-state index contributed by atoms with van der Waals surface area (Å²) in [6, 6.07) is 22.5. The van der Waals surface area contributed by atoms with Crippen LogP contribution in [0.25, 0.3) is 22.4 Å². The number of nitrogens with zero attached hydrogens (tertiary/aromatic N) is 2. The van der Waals surface area contributed by atoms with Gasteiger partial charge in [0.05, 0.1) is 23.1 Å². The number of para-hydroxylation sites is 3. The van der Waals surface area contributed by atoms with Crippen LogP contribution in [-0.2, 0) is 6.54 Å². The molecular formula is C22H19FN2O. The molecule has 130 valence electrons. The lowest BCUT2D eigenvalue weighted by molar-refractivity contribution is 0.299. The van der Waals surface area contributed by atoms with Crippen molar-refractivity contribution in [3.63, 3.8) is 0 Å². The van der Waals surface area contributed by atoms with Crippen LogP contribution in [0.4, 0.5) is 4.39 Å². The summed E-state index contributed by atoms with van der Waals surface area (Å²) >= 11 is 0. The van der Waals surface area contributed by atoms with E-state index in [0.717, 1.165) is 22.3 Å². The Morgan fingerprint density at radius 1 is 0.923 bits per heavy atom. The topological polar surface area (TPSA) is 27.1 Å². The zero-order valence-electron chi connectivity index (χ0n) is 14.5. The fourth-order valence-corrected chi connectivity index (χ4v) is 3.12. The van der Waals surface area contributed by atoms with Crippen molar-refractivity contribution in [2.45, 2.75) is 13.5 Å². The highest BCUT2D eigenvalue weighted by molar-refractivity contribution is 5.80. The molecule has 4 rings (SSSR count). The predicted octanol–water partition coefficient (Wildman–Crippen LogP) is 5.23. The van der Waals surface area contributed by atoms with E-state index in [4.69, 9.17) is 4.74 Å². The van der Waals surface area contributed by atoms with Gasteiger partial charge in [0.1, 0.15) is 24.0 Å². The molecule has 0 saturated carbocycles. The van der Waals surface area contributed by atoms with Gasteiger partial charge in [-0.3, -0.25) is 0 Å². The Morgan fingerprint density at radius 2 is 1.65 bits per heavy atom. The molecule has 0 bridgehead atoms. The second kappa shape index (κ2) is 7.00. The van der Waals surface area contributed by atoms with Crippen LogP contribution in [0.5, 0.6) is 5.75 Å². The van der Waals surface area contributed by atoms with Gasteiger partial charge >= 0.3 is 0 Å². The molecule has 1 aromatic heterocycles. The molecule has 0 aliphatic carbocycles. The van der Waals surface area contributed by atoms with E-state index in [9.17, 15) is 4.39 Å². The van der Waals surface area contributed by atoms with Crippen LogP contribution >= 0.6 is 0 Å². The van der Waals surface area contributed by atoms with Crippen molar-refractivity contribution in [1.82, 2.24) is 9.55 Å². The van der Waals surface area contributed by atoms with E-state index in [1.807, 2.05) is 66.1 Å². The first kappa shape index (κ1) is 16.3. The smallest absolute Gasteiger partial charge is 0.144 e. The maximum absolute atomic E-state index is 14.3. The molecule has 4 heteroatoms. The van der Waals surface area contributed by atoms with Gasteiger partial charge in [-0.1, -0.05) is 42.5 Å².